The molecule has 2 aromatic heterocycles. The van der Waals surface area contributed by atoms with E-state index in [9.17, 15) is 9.59 Å². The maximum Gasteiger partial charge on any atom is 0.254 e. The zero-order valence-corrected chi connectivity index (χ0v) is 16.0. The van der Waals surface area contributed by atoms with Crippen molar-refractivity contribution in [1.29, 1.82) is 0 Å². The number of pyridine rings is 1. The zero-order chi connectivity index (χ0) is 18.8. The van der Waals surface area contributed by atoms with Gasteiger partial charge in [0.1, 0.15) is 0 Å². The van der Waals surface area contributed by atoms with E-state index in [1.54, 1.807) is 4.68 Å². The maximum atomic E-state index is 13.1. The monoisotopic (exact) mass is 357 g/mol. The van der Waals surface area contributed by atoms with E-state index >= 15 is 0 Å². The van der Waals surface area contributed by atoms with Gasteiger partial charge < -0.3 is 10.2 Å². The highest BCUT2D eigenvalue weighted by atomic mass is 16.2. The molecule has 0 aromatic carbocycles. The molecule has 0 saturated carbocycles. The normalized spacial score (nSPS) is 15.5. The summed E-state index contributed by atoms with van der Waals surface area (Å²) in [7, 11) is 1.84. The molecule has 1 N–H and O–H groups in total. The Morgan fingerprint density at radius 1 is 1.27 bits per heavy atom. The Kier molecular flexibility index (Phi) is 5.25. The van der Waals surface area contributed by atoms with Crippen LogP contribution in [0.4, 0.5) is 0 Å². The molecule has 0 bridgehead atoms. The van der Waals surface area contributed by atoms with Gasteiger partial charge in [-0.1, -0.05) is 6.92 Å². The molecule has 1 saturated heterocycles. The third-order valence-corrected chi connectivity index (χ3v) is 5.03. The highest BCUT2D eigenvalue weighted by Gasteiger charge is 2.29. The van der Waals surface area contributed by atoms with Crippen molar-refractivity contribution in [3.63, 3.8) is 0 Å². The topological polar surface area (TPSA) is 80.1 Å². The molecule has 1 fully saturated rings. The Hall–Kier alpha value is -2.44. The highest BCUT2D eigenvalue weighted by Crippen LogP contribution is 2.25. The van der Waals surface area contributed by atoms with Gasteiger partial charge in [-0.25, -0.2) is 4.98 Å². The van der Waals surface area contributed by atoms with Crippen molar-refractivity contribution in [3.8, 4) is 0 Å². The minimum absolute atomic E-state index is 0.00372. The van der Waals surface area contributed by atoms with E-state index in [0.29, 0.717) is 38.0 Å². The quantitative estimate of drug-likeness (QED) is 0.907. The second kappa shape index (κ2) is 7.43. The molecule has 3 heterocycles. The third kappa shape index (κ3) is 3.43. The van der Waals surface area contributed by atoms with Crippen molar-refractivity contribution in [1.82, 2.24) is 25.0 Å². The minimum atomic E-state index is 0.00372. The van der Waals surface area contributed by atoms with Crippen molar-refractivity contribution in [2.45, 2.75) is 40.0 Å². The van der Waals surface area contributed by atoms with E-state index < -0.39 is 0 Å². The van der Waals surface area contributed by atoms with Crippen LogP contribution in [0.2, 0.25) is 0 Å². The molecule has 3 rings (SSSR count). The number of nitrogens with zero attached hydrogens (tertiary/aromatic N) is 4. The van der Waals surface area contributed by atoms with Gasteiger partial charge in [0.05, 0.1) is 16.6 Å². The van der Waals surface area contributed by atoms with Crippen LogP contribution < -0.4 is 5.32 Å². The summed E-state index contributed by atoms with van der Waals surface area (Å²) in [6.45, 7) is 7.76. The molecule has 1 aliphatic rings. The summed E-state index contributed by atoms with van der Waals surface area (Å²) in [5.41, 5.74) is 3.01. The van der Waals surface area contributed by atoms with Crippen LogP contribution in [0, 0.1) is 19.8 Å². The average Bonchev–Trinajstić information content (AvgIpc) is 2.92. The van der Waals surface area contributed by atoms with Gasteiger partial charge in [0.2, 0.25) is 5.91 Å². The van der Waals surface area contributed by atoms with Gasteiger partial charge in [-0.15, -0.1) is 0 Å². The summed E-state index contributed by atoms with van der Waals surface area (Å²) >= 11 is 0. The standard InChI is InChI=1S/C19H27N5O2/c1-5-8-20-18(25)14-6-9-24(10-7-14)19(26)15-11-12(2)21-17-16(15)13(3)22-23(17)4/h11,14H,5-10H2,1-4H3,(H,20,25). The van der Waals surface area contributed by atoms with Gasteiger partial charge in [0.25, 0.3) is 5.91 Å². The van der Waals surface area contributed by atoms with Crippen LogP contribution in [0.3, 0.4) is 0 Å². The molecule has 26 heavy (non-hydrogen) atoms. The number of aryl methyl sites for hydroxylation is 3. The molecule has 0 unspecified atom stereocenters. The van der Waals surface area contributed by atoms with Crippen molar-refractivity contribution in [2.75, 3.05) is 19.6 Å². The van der Waals surface area contributed by atoms with Gasteiger partial charge in [0, 0.05) is 38.3 Å². The minimum Gasteiger partial charge on any atom is -0.356 e. The molecule has 0 atom stereocenters. The zero-order valence-electron chi connectivity index (χ0n) is 16.0. The molecule has 0 aliphatic carbocycles. The summed E-state index contributed by atoms with van der Waals surface area (Å²) in [5.74, 6) is 0.123. The Balaban J connectivity index is 1.77. The van der Waals surface area contributed by atoms with Crippen molar-refractivity contribution >= 4 is 22.8 Å². The number of rotatable bonds is 4. The lowest BCUT2D eigenvalue weighted by molar-refractivity contribution is -0.126. The van der Waals surface area contributed by atoms with Crippen LogP contribution in [0.1, 0.15) is 47.9 Å². The first kappa shape index (κ1) is 18.4. The number of carbonyl (C=O) groups is 2. The lowest BCUT2D eigenvalue weighted by atomic mass is 9.95. The molecule has 0 spiro atoms. The second-order valence-corrected chi connectivity index (χ2v) is 7.08. The first-order valence-corrected chi connectivity index (χ1v) is 9.30. The van der Waals surface area contributed by atoms with Gasteiger partial charge >= 0.3 is 0 Å². The van der Waals surface area contributed by atoms with E-state index in [4.69, 9.17) is 0 Å². The average molecular weight is 357 g/mol. The van der Waals surface area contributed by atoms with E-state index in [1.807, 2.05) is 38.8 Å². The number of fused-ring (bicyclic) bond motifs is 1. The number of likely N-dealkylation sites (tertiary alicyclic amines) is 1. The third-order valence-electron chi connectivity index (χ3n) is 5.03. The molecule has 140 valence electrons. The summed E-state index contributed by atoms with van der Waals surface area (Å²) in [4.78, 5) is 31.6. The van der Waals surface area contributed by atoms with E-state index in [0.717, 1.165) is 28.8 Å². The SMILES string of the molecule is CCCNC(=O)C1CCN(C(=O)c2cc(C)nc3c2c(C)nn3C)CC1. The predicted octanol–water partition coefficient (Wildman–Crippen LogP) is 1.96. The fourth-order valence-electron chi connectivity index (χ4n) is 3.65. The van der Waals surface area contributed by atoms with E-state index in [2.05, 4.69) is 15.4 Å². The van der Waals surface area contributed by atoms with Crippen molar-refractivity contribution in [2.24, 2.45) is 13.0 Å². The lowest BCUT2D eigenvalue weighted by Gasteiger charge is -2.31. The molecular formula is C19H27N5O2. The van der Waals surface area contributed by atoms with Crippen LogP contribution in [-0.4, -0.2) is 51.1 Å². The molecule has 0 radical (unpaired) electrons. The molecular weight excluding hydrogens is 330 g/mol. The number of amides is 2. The van der Waals surface area contributed by atoms with Crippen LogP contribution >= 0.6 is 0 Å². The summed E-state index contributed by atoms with van der Waals surface area (Å²) < 4.78 is 1.72. The second-order valence-electron chi connectivity index (χ2n) is 7.08. The fraction of sp³-hybridized carbons (Fsp3) is 0.579. The van der Waals surface area contributed by atoms with Gasteiger partial charge in [0.15, 0.2) is 5.65 Å². The lowest BCUT2D eigenvalue weighted by Crippen LogP contribution is -2.43. The number of nitrogens with one attached hydrogen (secondary N) is 1. The number of piperidine rings is 1. The van der Waals surface area contributed by atoms with Crippen LogP contribution in [0.15, 0.2) is 6.07 Å². The fourth-order valence-corrected chi connectivity index (χ4v) is 3.65. The van der Waals surface area contributed by atoms with Crippen LogP contribution in [0.25, 0.3) is 11.0 Å². The van der Waals surface area contributed by atoms with Gasteiger partial charge in [-0.2, -0.15) is 5.10 Å². The highest BCUT2D eigenvalue weighted by molar-refractivity contribution is 6.06. The molecule has 2 amide bonds. The van der Waals surface area contributed by atoms with Crippen LogP contribution in [-0.2, 0) is 11.8 Å². The predicted molar refractivity (Wildman–Crippen MR) is 99.9 cm³/mol. The van der Waals surface area contributed by atoms with E-state index in [1.165, 1.54) is 0 Å². The first-order valence-electron chi connectivity index (χ1n) is 9.30. The van der Waals surface area contributed by atoms with E-state index in [-0.39, 0.29) is 17.7 Å². The number of aromatic nitrogens is 3. The summed E-state index contributed by atoms with van der Waals surface area (Å²) in [6, 6.07) is 1.85. The molecule has 2 aromatic rings. The first-order chi connectivity index (χ1) is 12.4. The summed E-state index contributed by atoms with van der Waals surface area (Å²) in [5, 5.41) is 8.20. The maximum absolute atomic E-state index is 13.1. The largest absolute Gasteiger partial charge is 0.356 e. The molecule has 7 heteroatoms. The van der Waals surface area contributed by atoms with Crippen LogP contribution in [0.5, 0.6) is 0 Å². The molecule has 1 aliphatic heterocycles. The molecule has 7 nitrogen and oxygen atoms in total. The number of hydrogen-bond donors (Lipinski definition) is 1. The Morgan fingerprint density at radius 2 is 1.96 bits per heavy atom. The van der Waals surface area contributed by atoms with Crippen molar-refractivity contribution in [3.05, 3.63) is 23.0 Å². The number of hydrogen-bond acceptors (Lipinski definition) is 4. The van der Waals surface area contributed by atoms with Crippen molar-refractivity contribution < 1.29 is 9.59 Å². The Morgan fingerprint density at radius 3 is 2.62 bits per heavy atom. The van der Waals surface area contributed by atoms with Gasteiger partial charge in [-0.3, -0.25) is 14.3 Å². The smallest absolute Gasteiger partial charge is 0.254 e. The number of carbonyl (C=O) groups excluding carboxylic acids is 2. The van der Waals surface area contributed by atoms with Gasteiger partial charge in [-0.05, 0) is 39.2 Å². The Labute approximate surface area is 153 Å². The Bertz CT molecular complexity index is 834. The summed E-state index contributed by atoms with van der Waals surface area (Å²) in [6.07, 6.45) is 2.35.